The topological polar surface area (TPSA) is 169 Å². The summed E-state index contributed by atoms with van der Waals surface area (Å²) in [7, 11) is 0. The van der Waals surface area contributed by atoms with E-state index in [2.05, 4.69) is 92.2 Å². The lowest BCUT2D eigenvalue weighted by Crippen LogP contribution is -2.20. The number of hydrogen-bond donors (Lipinski definition) is 4. The van der Waals surface area contributed by atoms with Crippen LogP contribution in [0.4, 0.5) is 29.2 Å². The predicted octanol–water partition coefficient (Wildman–Crippen LogP) is 8.03. The van der Waals surface area contributed by atoms with Crippen LogP contribution in [0.1, 0.15) is 81.3 Å². The van der Waals surface area contributed by atoms with E-state index in [-0.39, 0.29) is 17.1 Å². The summed E-state index contributed by atoms with van der Waals surface area (Å²) in [6, 6.07) is 24.3. The number of benzene rings is 3. The lowest BCUT2D eigenvalue weighted by Gasteiger charge is -2.22. The first-order chi connectivity index (χ1) is 24.6. The highest BCUT2D eigenvalue weighted by Crippen LogP contribution is 2.30. The largest absolute Gasteiger partial charge is 0.383 e. The standard InChI is InChI=1S/C37H46N10O3/c48-47(49)32-21-20-31(33-34(32)46-50-45-33)38-23-12-1-2-13-24-39-35-42-36(44-37(43-35)41-26-27-14-6-3-7-15-27)40-25-22-30(28-16-8-4-9-17-28)29-18-10-5-11-19-29/h4-5,8-11,16-21,27,30,38H,1-3,6-7,12-15,22-26H2,(H3,39,40,41,42,43,44). The first kappa shape index (κ1) is 34.5. The average Bonchev–Trinajstić information content (AvgIpc) is 3.65. The Morgan fingerprint density at radius 3 is 1.90 bits per heavy atom. The molecule has 1 aliphatic carbocycles. The summed E-state index contributed by atoms with van der Waals surface area (Å²) in [5.74, 6) is 2.66. The Balaban J connectivity index is 0.995. The van der Waals surface area contributed by atoms with Gasteiger partial charge in [-0.15, -0.1) is 0 Å². The molecule has 1 saturated carbocycles. The number of nitrogens with one attached hydrogen (secondary N) is 4. The molecule has 6 rings (SSSR count). The Morgan fingerprint density at radius 1 is 0.680 bits per heavy atom. The maximum atomic E-state index is 11.2. The molecule has 2 aromatic heterocycles. The van der Waals surface area contributed by atoms with Crippen molar-refractivity contribution < 1.29 is 9.55 Å². The molecule has 0 unspecified atom stereocenters. The van der Waals surface area contributed by atoms with E-state index in [1.54, 1.807) is 6.07 Å². The van der Waals surface area contributed by atoms with Crippen LogP contribution < -0.4 is 21.3 Å². The van der Waals surface area contributed by atoms with Gasteiger partial charge in [-0.3, -0.25) is 10.1 Å². The zero-order valence-corrected chi connectivity index (χ0v) is 28.4. The maximum absolute atomic E-state index is 11.2. The van der Waals surface area contributed by atoms with Crippen LogP contribution in [-0.2, 0) is 0 Å². The van der Waals surface area contributed by atoms with Gasteiger partial charge in [0.2, 0.25) is 23.4 Å². The van der Waals surface area contributed by atoms with Crippen molar-refractivity contribution >= 4 is 40.3 Å². The summed E-state index contributed by atoms with van der Waals surface area (Å²) in [5.41, 5.74) is 3.66. The van der Waals surface area contributed by atoms with Crippen molar-refractivity contribution in [3.63, 3.8) is 0 Å². The molecule has 2 heterocycles. The van der Waals surface area contributed by atoms with Crippen LogP contribution in [0.25, 0.3) is 11.0 Å². The van der Waals surface area contributed by atoms with Crippen LogP contribution in [0, 0.1) is 16.0 Å². The van der Waals surface area contributed by atoms with Gasteiger partial charge in [-0.25, -0.2) is 4.63 Å². The number of anilines is 4. The van der Waals surface area contributed by atoms with E-state index in [0.29, 0.717) is 48.1 Å². The number of rotatable bonds is 19. The van der Waals surface area contributed by atoms with Crippen molar-refractivity contribution in [3.8, 4) is 0 Å². The molecule has 13 heteroatoms. The zero-order chi connectivity index (χ0) is 34.4. The van der Waals surface area contributed by atoms with Crippen LogP contribution >= 0.6 is 0 Å². The van der Waals surface area contributed by atoms with Gasteiger partial charge >= 0.3 is 5.69 Å². The number of nitro benzene ring substituents is 1. The minimum atomic E-state index is -0.484. The Kier molecular flexibility index (Phi) is 12.4. The maximum Gasteiger partial charge on any atom is 0.300 e. The first-order valence-corrected chi connectivity index (χ1v) is 17.8. The van der Waals surface area contributed by atoms with E-state index >= 15 is 0 Å². The number of nitro groups is 1. The molecule has 4 N–H and O–H groups in total. The zero-order valence-electron chi connectivity index (χ0n) is 28.4. The summed E-state index contributed by atoms with van der Waals surface area (Å²) in [5, 5.41) is 32.5. The number of nitrogens with zero attached hydrogens (tertiary/aromatic N) is 6. The normalized spacial score (nSPS) is 13.4. The molecule has 0 atom stereocenters. The van der Waals surface area contributed by atoms with Gasteiger partial charge in [0.1, 0.15) is 0 Å². The second-order valence-corrected chi connectivity index (χ2v) is 12.9. The fraction of sp³-hybridized carbons (Fsp3) is 0.432. The smallest absolute Gasteiger partial charge is 0.300 e. The lowest BCUT2D eigenvalue weighted by atomic mass is 9.88. The van der Waals surface area contributed by atoms with E-state index < -0.39 is 4.92 Å². The number of non-ortho nitro benzene ring substituents is 1. The quantitative estimate of drug-likeness (QED) is 0.0377. The predicted molar refractivity (Wildman–Crippen MR) is 197 cm³/mol. The molecule has 5 aromatic rings. The van der Waals surface area contributed by atoms with Gasteiger partial charge in [0.15, 0.2) is 5.52 Å². The molecule has 0 spiro atoms. The van der Waals surface area contributed by atoms with E-state index in [1.165, 1.54) is 49.3 Å². The number of aromatic nitrogens is 5. The summed E-state index contributed by atoms with van der Waals surface area (Å²) >= 11 is 0. The lowest BCUT2D eigenvalue weighted by molar-refractivity contribution is -0.383. The number of unbranched alkanes of at least 4 members (excludes halogenated alkanes) is 3. The third-order valence-corrected chi connectivity index (χ3v) is 9.32. The Bertz CT molecular complexity index is 1740. The molecule has 0 aliphatic heterocycles. The van der Waals surface area contributed by atoms with Crippen molar-refractivity contribution in [3.05, 3.63) is 94.0 Å². The average molecular weight is 679 g/mol. The second kappa shape index (κ2) is 17.9. The highest BCUT2D eigenvalue weighted by atomic mass is 16.6. The van der Waals surface area contributed by atoms with Gasteiger partial charge in [0, 0.05) is 38.2 Å². The molecule has 3 aromatic carbocycles. The molecule has 0 saturated heterocycles. The molecule has 262 valence electrons. The van der Waals surface area contributed by atoms with Crippen molar-refractivity contribution in [1.29, 1.82) is 0 Å². The minimum absolute atomic E-state index is 0.118. The molecule has 1 fully saturated rings. The molecule has 0 radical (unpaired) electrons. The SMILES string of the molecule is O=[N+]([O-])c1ccc(NCCCCCCNc2nc(NCCC(c3ccccc3)c3ccccc3)nc(NCC3CCCCC3)n2)c2nonc12. The highest BCUT2D eigenvalue weighted by Gasteiger charge is 2.20. The summed E-state index contributed by atoms with van der Waals surface area (Å²) in [6.07, 6.45) is 11.3. The van der Waals surface area contributed by atoms with Crippen LogP contribution in [0.15, 0.2) is 77.4 Å². The van der Waals surface area contributed by atoms with Crippen LogP contribution in [0.2, 0.25) is 0 Å². The number of hydrogen-bond acceptors (Lipinski definition) is 12. The Morgan fingerprint density at radius 2 is 1.26 bits per heavy atom. The number of fused-ring (bicyclic) bond motifs is 1. The van der Waals surface area contributed by atoms with E-state index in [1.807, 2.05) is 0 Å². The summed E-state index contributed by atoms with van der Waals surface area (Å²) < 4.78 is 4.75. The summed E-state index contributed by atoms with van der Waals surface area (Å²) in [4.78, 5) is 25.0. The van der Waals surface area contributed by atoms with Gasteiger partial charge in [0.05, 0.1) is 10.6 Å². The Labute approximate surface area is 292 Å². The molecule has 13 nitrogen and oxygen atoms in total. The molecular formula is C37H46N10O3. The van der Waals surface area contributed by atoms with Crippen molar-refractivity contribution in [2.45, 2.75) is 70.1 Å². The minimum Gasteiger partial charge on any atom is -0.383 e. The molecule has 0 bridgehead atoms. The molecule has 0 amide bonds. The summed E-state index contributed by atoms with van der Waals surface area (Å²) in [6.45, 7) is 3.05. The van der Waals surface area contributed by atoms with E-state index in [9.17, 15) is 10.1 Å². The third kappa shape index (κ3) is 9.64. The van der Waals surface area contributed by atoms with Gasteiger partial charge < -0.3 is 21.3 Å². The monoisotopic (exact) mass is 678 g/mol. The van der Waals surface area contributed by atoms with Crippen molar-refractivity contribution in [1.82, 2.24) is 25.3 Å². The fourth-order valence-electron chi connectivity index (χ4n) is 6.64. The molecule has 50 heavy (non-hydrogen) atoms. The second-order valence-electron chi connectivity index (χ2n) is 12.9. The van der Waals surface area contributed by atoms with Crippen molar-refractivity contribution in [2.75, 3.05) is 47.4 Å². The van der Waals surface area contributed by atoms with Gasteiger partial charge in [-0.05, 0) is 65.5 Å². The molecular weight excluding hydrogens is 632 g/mol. The van der Waals surface area contributed by atoms with Crippen LogP contribution in [0.3, 0.4) is 0 Å². The van der Waals surface area contributed by atoms with Crippen LogP contribution in [-0.4, -0.2) is 56.4 Å². The third-order valence-electron chi connectivity index (χ3n) is 9.32. The van der Waals surface area contributed by atoms with E-state index in [4.69, 9.17) is 19.6 Å². The highest BCUT2D eigenvalue weighted by molar-refractivity contribution is 5.93. The Hall–Kier alpha value is -5.33. The van der Waals surface area contributed by atoms with Gasteiger partial charge in [-0.1, -0.05) is 92.8 Å². The fourth-order valence-corrected chi connectivity index (χ4v) is 6.64. The van der Waals surface area contributed by atoms with E-state index in [0.717, 1.165) is 45.2 Å². The van der Waals surface area contributed by atoms with Gasteiger partial charge in [0.25, 0.3) is 0 Å². The molecule has 1 aliphatic rings. The van der Waals surface area contributed by atoms with Crippen LogP contribution in [0.5, 0.6) is 0 Å². The first-order valence-electron chi connectivity index (χ1n) is 17.8. The van der Waals surface area contributed by atoms with Gasteiger partial charge in [-0.2, -0.15) is 15.0 Å². The van der Waals surface area contributed by atoms with Crippen molar-refractivity contribution in [2.24, 2.45) is 5.92 Å².